The van der Waals surface area contributed by atoms with Crippen molar-refractivity contribution in [1.82, 2.24) is 46.4 Å². The van der Waals surface area contributed by atoms with Crippen LogP contribution in [0.2, 0.25) is 0 Å². The van der Waals surface area contributed by atoms with Crippen molar-refractivity contribution in [2.24, 2.45) is 17.4 Å². The van der Waals surface area contributed by atoms with Crippen molar-refractivity contribution in [2.45, 2.75) is 121 Å². The van der Waals surface area contributed by atoms with Crippen LogP contribution in [0.25, 0.3) is 11.0 Å². The molecule has 1 saturated carbocycles. The Morgan fingerprint density at radius 1 is 0.910 bits per heavy atom. The number of imidazole rings is 1. The van der Waals surface area contributed by atoms with E-state index in [0.29, 0.717) is 48.2 Å². The van der Waals surface area contributed by atoms with E-state index in [-0.39, 0.29) is 36.8 Å². The lowest BCUT2D eigenvalue weighted by atomic mass is 9.84. The highest BCUT2D eigenvalue weighted by Crippen LogP contribution is 2.28. The van der Waals surface area contributed by atoms with E-state index in [0.717, 1.165) is 32.1 Å². The lowest BCUT2D eigenvalue weighted by Gasteiger charge is -2.30. The van der Waals surface area contributed by atoms with E-state index < -0.39 is 96.3 Å². The van der Waals surface area contributed by atoms with E-state index in [1.54, 1.807) is 32.0 Å². The summed E-state index contributed by atoms with van der Waals surface area (Å²) in [6.45, 7) is 3.75. The topological polar surface area (TPSA) is 323 Å². The highest BCUT2D eigenvalue weighted by atomic mass is 16.5. The largest absolute Gasteiger partial charge is 0.497 e. The molecule has 8 amide bonds. The molecule has 3 heterocycles. The first-order valence-corrected chi connectivity index (χ1v) is 22.6. The highest BCUT2D eigenvalue weighted by Gasteiger charge is 2.37. The number of nitrogens with one attached hydrogen (secondary N) is 6. The molecule has 1 aromatic carbocycles. The minimum absolute atomic E-state index is 0.0652. The SMILES string of the molecule is COc1ccc2c(CC(=O)N3CCC[C@H]3C(=O)N[C@@H](CC3CCCCC3)C(=O)NCC(=O)N(CC(=O)N[C@@H](Cc3cnc[nH]3)C(=O)N[C@@H](C)C(=O)N[C@@H](CN)C(N)=O)C(C)C)cc(=O)oc2c1. The maximum Gasteiger partial charge on any atom is 0.336 e. The Morgan fingerprint density at radius 3 is 2.31 bits per heavy atom. The van der Waals surface area contributed by atoms with E-state index >= 15 is 0 Å². The number of aromatic amines is 1. The van der Waals surface area contributed by atoms with Gasteiger partial charge in [0, 0.05) is 55.0 Å². The lowest BCUT2D eigenvalue weighted by molar-refractivity contribution is -0.140. The van der Waals surface area contributed by atoms with Gasteiger partial charge in [-0.05, 0) is 63.6 Å². The fraction of sp³-hybridized carbons (Fsp3) is 0.556. The Balaban J connectivity index is 1.22. The van der Waals surface area contributed by atoms with Crippen LogP contribution >= 0.6 is 0 Å². The molecule has 10 N–H and O–H groups in total. The summed E-state index contributed by atoms with van der Waals surface area (Å²) in [5.74, 6) is -4.54. The van der Waals surface area contributed by atoms with Crippen molar-refractivity contribution in [3.05, 3.63) is 58.5 Å². The van der Waals surface area contributed by atoms with Gasteiger partial charge in [-0.2, -0.15) is 0 Å². The molecular formula is C45H63N11O11. The number of fused-ring (bicyclic) bond motifs is 1. The highest BCUT2D eigenvalue weighted by molar-refractivity contribution is 5.97. The van der Waals surface area contributed by atoms with Crippen molar-refractivity contribution in [3.8, 4) is 5.75 Å². The van der Waals surface area contributed by atoms with Crippen molar-refractivity contribution in [1.29, 1.82) is 0 Å². The normalized spacial score (nSPS) is 16.9. The summed E-state index contributed by atoms with van der Waals surface area (Å²) in [6.07, 6.45) is 8.58. The fourth-order valence-corrected chi connectivity index (χ4v) is 8.43. The van der Waals surface area contributed by atoms with Gasteiger partial charge < -0.3 is 62.0 Å². The minimum Gasteiger partial charge on any atom is -0.497 e. The average Bonchev–Trinajstić information content (AvgIpc) is 4.02. The molecule has 1 aliphatic carbocycles. The molecule has 5 rings (SSSR count). The van der Waals surface area contributed by atoms with Crippen molar-refractivity contribution in [2.75, 3.05) is 33.3 Å². The Labute approximate surface area is 387 Å². The molecule has 0 spiro atoms. The molecule has 364 valence electrons. The van der Waals surface area contributed by atoms with Gasteiger partial charge in [0.05, 0.1) is 32.9 Å². The number of ether oxygens (including phenoxy) is 1. The van der Waals surface area contributed by atoms with Crippen LogP contribution in [-0.2, 0) is 51.2 Å². The third-order valence-corrected chi connectivity index (χ3v) is 12.1. The number of nitrogens with zero attached hydrogens (tertiary/aromatic N) is 3. The average molecular weight is 934 g/mol. The van der Waals surface area contributed by atoms with E-state index in [4.69, 9.17) is 20.6 Å². The molecule has 2 aliphatic rings. The number of nitrogens with two attached hydrogens (primary N) is 2. The van der Waals surface area contributed by atoms with Gasteiger partial charge in [0.25, 0.3) is 0 Å². The Hall–Kier alpha value is -6.84. The predicted molar refractivity (Wildman–Crippen MR) is 242 cm³/mol. The van der Waals surface area contributed by atoms with Crippen LogP contribution in [-0.4, -0.2) is 137 Å². The molecule has 2 fully saturated rings. The monoisotopic (exact) mass is 933 g/mol. The summed E-state index contributed by atoms with van der Waals surface area (Å²) >= 11 is 0. The summed E-state index contributed by atoms with van der Waals surface area (Å²) in [4.78, 5) is 129. The number of carbonyl (C=O) groups is 8. The Bertz CT molecular complexity index is 2310. The molecule has 5 atom stereocenters. The first kappa shape index (κ1) is 51.1. The fourth-order valence-electron chi connectivity index (χ4n) is 8.43. The van der Waals surface area contributed by atoms with E-state index in [9.17, 15) is 43.2 Å². The predicted octanol–water partition coefficient (Wildman–Crippen LogP) is -0.972. The summed E-state index contributed by atoms with van der Waals surface area (Å²) in [6, 6.07) is 0.210. The second-order valence-electron chi connectivity index (χ2n) is 17.3. The number of primary amides is 1. The first-order chi connectivity index (χ1) is 32.0. The number of H-pyrrole nitrogens is 1. The number of hydrogen-bond donors (Lipinski definition) is 8. The molecule has 67 heavy (non-hydrogen) atoms. The van der Waals surface area contributed by atoms with Gasteiger partial charge in [0.15, 0.2) is 0 Å². The van der Waals surface area contributed by atoms with Gasteiger partial charge in [0.1, 0.15) is 41.5 Å². The molecule has 3 aromatic rings. The molecule has 1 saturated heterocycles. The number of methoxy groups -OCH3 is 1. The molecule has 0 radical (unpaired) electrons. The third kappa shape index (κ3) is 14.3. The summed E-state index contributed by atoms with van der Waals surface area (Å²) in [5.41, 5.74) is 11.3. The van der Waals surface area contributed by atoms with Gasteiger partial charge in [-0.3, -0.25) is 38.4 Å². The second kappa shape index (κ2) is 24.1. The van der Waals surface area contributed by atoms with E-state index in [1.807, 2.05) is 0 Å². The summed E-state index contributed by atoms with van der Waals surface area (Å²) in [7, 11) is 1.48. The van der Waals surface area contributed by atoms with E-state index in [2.05, 4.69) is 36.6 Å². The number of hydrogen-bond acceptors (Lipinski definition) is 13. The number of likely N-dealkylation sites (tertiary alicyclic amines) is 1. The minimum atomic E-state index is -1.24. The van der Waals surface area contributed by atoms with Gasteiger partial charge >= 0.3 is 5.63 Å². The molecule has 2 aromatic heterocycles. The lowest BCUT2D eigenvalue weighted by Crippen LogP contribution is -2.58. The molecule has 22 nitrogen and oxygen atoms in total. The third-order valence-electron chi connectivity index (χ3n) is 12.1. The zero-order valence-electron chi connectivity index (χ0n) is 38.4. The van der Waals surface area contributed by atoms with Crippen LogP contribution in [0, 0.1) is 5.92 Å². The Kier molecular flexibility index (Phi) is 18.4. The van der Waals surface area contributed by atoms with Crippen molar-refractivity contribution >= 4 is 58.2 Å². The van der Waals surface area contributed by atoms with Gasteiger partial charge in [-0.1, -0.05) is 32.1 Å². The van der Waals surface area contributed by atoms with Crippen LogP contribution in [0.1, 0.15) is 83.4 Å². The van der Waals surface area contributed by atoms with Gasteiger partial charge in [-0.15, -0.1) is 0 Å². The van der Waals surface area contributed by atoms with E-state index in [1.165, 1.54) is 42.4 Å². The molecule has 22 heteroatoms. The maximum absolute atomic E-state index is 14.0. The molecule has 0 bridgehead atoms. The quantitative estimate of drug-likeness (QED) is 0.0563. The molecular weight excluding hydrogens is 871 g/mol. The Morgan fingerprint density at radius 2 is 1.66 bits per heavy atom. The maximum atomic E-state index is 14.0. The van der Waals surface area contributed by atoms with Gasteiger partial charge in [-0.25, -0.2) is 9.78 Å². The van der Waals surface area contributed by atoms with Crippen LogP contribution < -0.4 is 48.4 Å². The van der Waals surface area contributed by atoms with Crippen LogP contribution in [0.4, 0.5) is 0 Å². The number of benzene rings is 1. The van der Waals surface area contributed by atoms with Gasteiger partial charge in [0.2, 0.25) is 47.3 Å². The summed E-state index contributed by atoms with van der Waals surface area (Å²) in [5, 5.41) is 13.6. The zero-order valence-corrected chi connectivity index (χ0v) is 38.4. The summed E-state index contributed by atoms with van der Waals surface area (Å²) < 4.78 is 10.6. The molecule has 1 aliphatic heterocycles. The number of rotatable bonds is 22. The van der Waals surface area contributed by atoms with Crippen molar-refractivity contribution < 1.29 is 47.5 Å². The number of aromatic nitrogens is 2. The van der Waals surface area contributed by atoms with Crippen LogP contribution in [0.3, 0.4) is 0 Å². The smallest absolute Gasteiger partial charge is 0.336 e. The van der Waals surface area contributed by atoms with Crippen LogP contribution in [0.5, 0.6) is 5.75 Å². The number of amides is 8. The van der Waals surface area contributed by atoms with Crippen LogP contribution in [0.15, 0.2) is 46.0 Å². The molecule has 0 unspecified atom stereocenters. The zero-order chi connectivity index (χ0) is 48.8. The number of carbonyl (C=O) groups excluding carboxylic acids is 8. The second-order valence-corrected chi connectivity index (χ2v) is 17.3. The van der Waals surface area contributed by atoms with Crippen molar-refractivity contribution in [3.63, 3.8) is 0 Å². The standard InChI is InChI=1S/C45H63N11O11/c1-25(2)56(23-37(57)52-33(18-29-21-48-24-50-29)44(64)51-26(3)42(62)54-34(20-46)41(47)61)39(59)22-49-43(63)32(15-27-9-6-5-7-10-27)53-45(65)35-11-8-14-55(35)38(58)16-28-17-40(60)67-36-19-30(66-4)12-13-31(28)36/h12-13,17,19,21,24-27,32-35H,5-11,14-16,18,20,22-23,46H2,1-4H3,(H2,47,61)(H,48,50)(H,49,63)(H,51,64)(H,52,57)(H,53,65)(H,54,62)/t26-,32-,33-,34-,35-/m0/s1. The first-order valence-electron chi connectivity index (χ1n) is 22.6.